The Hall–Kier alpha value is -1.36. The van der Waals surface area contributed by atoms with Crippen LogP contribution in [0, 0.1) is 0 Å². The van der Waals surface area contributed by atoms with Gasteiger partial charge in [0.25, 0.3) is 0 Å². The summed E-state index contributed by atoms with van der Waals surface area (Å²) in [6.07, 6.45) is 0. The zero-order valence-electron chi connectivity index (χ0n) is 12.7. The maximum Gasteiger partial charge on any atom is 0.135 e. The average Bonchev–Trinajstić information content (AvgIpc) is 3.02. The van der Waals surface area contributed by atoms with Crippen molar-refractivity contribution in [2.75, 3.05) is 0 Å². The molecule has 0 aliphatic carbocycles. The van der Waals surface area contributed by atoms with Crippen LogP contribution in [-0.2, 0) is 6.54 Å². The van der Waals surface area contributed by atoms with Gasteiger partial charge in [0.05, 0.1) is 6.54 Å². The molecule has 1 aromatic heterocycles. The van der Waals surface area contributed by atoms with Crippen molar-refractivity contribution in [1.82, 2.24) is 5.32 Å². The summed E-state index contributed by atoms with van der Waals surface area (Å²) in [5.74, 6) is 1.80. The molecule has 118 valence electrons. The van der Waals surface area contributed by atoms with E-state index < -0.39 is 0 Å². The summed E-state index contributed by atoms with van der Waals surface area (Å²) in [6, 6.07) is 20.8. The van der Waals surface area contributed by atoms with Gasteiger partial charge in [0.15, 0.2) is 0 Å². The Bertz CT molecular complexity index is 783. The van der Waals surface area contributed by atoms with E-state index in [1.807, 2.05) is 36.4 Å². The highest BCUT2D eigenvalue weighted by molar-refractivity contribution is 9.11. The number of hydrogen-bond donors (Lipinski definition) is 1. The molecule has 1 heterocycles. The number of benzene rings is 2. The van der Waals surface area contributed by atoms with Gasteiger partial charge in [0, 0.05) is 20.6 Å². The van der Waals surface area contributed by atoms with Gasteiger partial charge >= 0.3 is 0 Å². The van der Waals surface area contributed by atoms with Gasteiger partial charge in [-0.05, 0) is 58.7 Å². The van der Waals surface area contributed by atoms with Crippen LogP contribution in [0.3, 0.4) is 0 Å². The molecule has 0 bridgehead atoms. The number of nitrogens with one attached hydrogen (secondary N) is 1. The minimum Gasteiger partial charge on any atom is -0.460 e. The summed E-state index contributed by atoms with van der Waals surface area (Å²) in [7, 11) is 0. The fraction of sp³-hybridized carbons (Fsp3) is 0.158. The van der Waals surface area contributed by atoms with E-state index in [1.165, 1.54) is 5.56 Å². The molecular formula is C19H17Br2NO. The first kappa shape index (κ1) is 16.5. The van der Waals surface area contributed by atoms with Gasteiger partial charge in [-0.25, -0.2) is 0 Å². The van der Waals surface area contributed by atoms with E-state index in [2.05, 4.69) is 68.4 Å². The minimum absolute atomic E-state index is 0.282. The molecule has 2 aromatic carbocycles. The predicted molar refractivity (Wildman–Crippen MR) is 101 cm³/mol. The van der Waals surface area contributed by atoms with E-state index in [9.17, 15) is 0 Å². The van der Waals surface area contributed by atoms with Gasteiger partial charge in [-0.15, -0.1) is 0 Å². The molecule has 0 saturated carbocycles. The Labute approximate surface area is 153 Å². The topological polar surface area (TPSA) is 25.2 Å². The van der Waals surface area contributed by atoms with Crippen molar-refractivity contribution in [2.24, 2.45) is 0 Å². The van der Waals surface area contributed by atoms with E-state index in [1.54, 1.807) is 0 Å². The lowest BCUT2D eigenvalue weighted by Gasteiger charge is -2.13. The monoisotopic (exact) mass is 433 g/mol. The van der Waals surface area contributed by atoms with E-state index in [4.69, 9.17) is 4.42 Å². The van der Waals surface area contributed by atoms with Crippen LogP contribution in [-0.4, -0.2) is 0 Å². The molecule has 0 amide bonds. The molecule has 0 aliphatic heterocycles. The third-order valence-electron chi connectivity index (χ3n) is 3.74. The van der Waals surface area contributed by atoms with E-state index >= 15 is 0 Å². The van der Waals surface area contributed by atoms with Crippen molar-refractivity contribution < 1.29 is 4.42 Å². The molecule has 0 spiro atoms. The Morgan fingerprint density at radius 3 is 2.52 bits per heavy atom. The summed E-state index contributed by atoms with van der Waals surface area (Å²) in [5, 5.41) is 3.49. The summed E-state index contributed by atoms with van der Waals surface area (Å²) in [6.45, 7) is 2.86. The van der Waals surface area contributed by atoms with Crippen LogP contribution in [0.2, 0.25) is 0 Å². The fourth-order valence-corrected chi connectivity index (χ4v) is 3.66. The summed E-state index contributed by atoms with van der Waals surface area (Å²) < 4.78 is 8.02. The Kier molecular flexibility index (Phi) is 5.36. The number of hydrogen-bond acceptors (Lipinski definition) is 2. The second-order valence-electron chi connectivity index (χ2n) is 5.40. The third-order valence-corrected chi connectivity index (χ3v) is 4.89. The predicted octanol–water partition coefficient (Wildman–Crippen LogP) is 6.32. The van der Waals surface area contributed by atoms with Crippen LogP contribution in [0.5, 0.6) is 0 Å². The van der Waals surface area contributed by atoms with Gasteiger partial charge in [0.1, 0.15) is 11.5 Å². The van der Waals surface area contributed by atoms with E-state index in [0.717, 1.165) is 26.0 Å². The molecule has 2 nitrogen and oxygen atoms in total. The van der Waals surface area contributed by atoms with Crippen molar-refractivity contribution in [2.45, 2.75) is 19.5 Å². The minimum atomic E-state index is 0.282. The van der Waals surface area contributed by atoms with Crippen LogP contribution in [0.4, 0.5) is 0 Å². The molecular weight excluding hydrogens is 418 g/mol. The molecule has 0 fully saturated rings. The Morgan fingerprint density at radius 2 is 1.78 bits per heavy atom. The first-order valence-corrected chi connectivity index (χ1v) is 9.04. The van der Waals surface area contributed by atoms with Crippen LogP contribution >= 0.6 is 31.9 Å². The molecule has 23 heavy (non-hydrogen) atoms. The largest absolute Gasteiger partial charge is 0.460 e. The first-order chi connectivity index (χ1) is 11.1. The highest BCUT2D eigenvalue weighted by Crippen LogP contribution is 2.32. The maximum absolute atomic E-state index is 5.97. The molecule has 0 saturated heterocycles. The van der Waals surface area contributed by atoms with E-state index in [0.29, 0.717) is 6.54 Å². The highest BCUT2D eigenvalue weighted by Gasteiger charge is 2.10. The molecule has 4 heteroatoms. The molecule has 1 atom stereocenters. The van der Waals surface area contributed by atoms with Crippen LogP contribution < -0.4 is 5.32 Å². The molecule has 1 N–H and O–H groups in total. The van der Waals surface area contributed by atoms with Gasteiger partial charge in [-0.2, -0.15) is 0 Å². The van der Waals surface area contributed by atoms with Gasteiger partial charge in [0.2, 0.25) is 0 Å². The lowest BCUT2D eigenvalue weighted by atomic mass is 10.1. The zero-order valence-corrected chi connectivity index (χ0v) is 15.9. The number of furan rings is 1. The molecule has 3 aromatic rings. The van der Waals surface area contributed by atoms with Crippen LogP contribution in [0.15, 0.2) is 74.0 Å². The maximum atomic E-state index is 5.97. The third kappa shape index (κ3) is 4.14. The van der Waals surface area contributed by atoms with Gasteiger partial charge in [-0.3, -0.25) is 0 Å². The standard InChI is InChI=1S/C19H17Br2NO/c1-13(14-5-3-2-4-6-14)22-12-16-8-10-19(23-16)17-9-7-15(20)11-18(17)21/h2-11,13,22H,12H2,1H3/t13-/m0/s1. The average molecular weight is 435 g/mol. The van der Waals surface area contributed by atoms with Crippen molar-refractivity contribution in [3.05, 3.63) is 80.9 Å². The van der Waals surface area contributed by atoms with E-state index in [-0.39, 0.29) is 6.04 Å². The smallest absolute Gasteiger partial charge is 0.135 e. The Balaban J connectivity index is 1.68. The van der Waals surface area contributed by atoms with Crippen molar-refractivity contribution in [3.8, 4) is 11.3 Å². The SMILES string of the molecule is C[C@H](NCc1ccc(-c2ccc(Br)cc2Br)o1)c1ccccc1. The lowest BCUT2D eigenvalue weighted by Crippen LogP contribution is -2.17. The first-order valence-electron chi connectivity index (χ1n) is 7.46. The summed E-state index contributed by atoms with van der Waals surface area (Å²) in [4.78, 5) is 0. The van der Waals surface area contributed by atoms with Gasteiger partial charge in [-0.1, -0.05) is 46.3 Å². The molecule has 3 rings (SSSR count). The van der Waals surface area contributed by atoms with Crippen LogP contribution in [0.25, 0.3) is 11.3 Å². The number of rotatable bonds is 5. The summed E-state index contributed by atoms with van der Waals surface area (Å²) >= 11 is 7.05. The summed E-state index contributed by atoms with van der Waals surface area (Å²) in [5.41, 5.74) is 2.32. The fourth-order valence-electron chi connectivity index (χ4n) is 2.42. The molecule has 0 radical (unpaired) electrons. The van der Waals surface area contributed by atoms with Gasteiger partial charge < -0.3 is 9.73 Å². The van der Waals surface area contributed by atoms with Crippen molar-refractivity contribution in [1.29, 1.82) is 0 Å². The lowest BCUT2D eigenvalue weighted by molar-refractivity contribution is 0.468. The normalized spacial score (nSPS) is 12.3. The van der Waals surface area contributed by atoms with Crippen LogP contribution in [0.1, 0.15) is 24.3 Å². The number of halogens is 2. The molecule has 0 aliphatic rings. The zero-order chi connectivity index (χ0) is 16.2. The second kappa shape index (κ2) is 7.47. The second-order valence-corrected chi connectivity index (χ2v) is 7.17. The molecule has 0 unspecified atom stereocenters. The highest BCUT2D eigenvalue weighted by atomic mass is 79.9. The quantitative estimate of drug-likeness (QED) is 0.508. The Morgan fingerprint density at radius 1 is 1.00 bits per heavy atom. The van der Waals surface area contributed by atoms with Crippen molar-refractivity contribution >= 4 is 31.9 Å². The van der Waals surface area contributed by atoms with Crippen molar-refractivity contribution in [3.63, 3.8) is 0 Å².